The Morgan fingerprint density at radius 1 is 1.19 bits per heavy atom. The maximum Gasteiger partial charge on any atom is 0.341 e. The van der Waals surface area contributed by atoms with Crippen molar-refractivity contribution < 1.29 is 19.1 Å². The SMILES string of the molecule is CCn1cc(C(=O)O)c(=O)c2cc(F)c(N3CCN(C/C(=N\OC)c4ccc(Cl)cc4Cl)CC3)nc21. The molecule has 3 heterocycles. The van der Waals surface area contributed by atoms with Crippen molar-refractivity contribution in [3.63, 3.8) is 0 Å². The van der Waals surface area contributed by atoms with Crippen LogP contribution in [0.5, 0.6) is 0 Å². The fourth-order valence-electron chi connectivity index (χ4n) is 4.22. The number of aromatic carboxylic acids is 1. The number of pyridine rings is 2. The number of halogens is 3. The molecule has 1 N–H and O–H groups in total. The smallest absolute Gasteiger partial charge is 0.341 e. The molecule has 9 nitrogen and oxygen atoms in total. The van der Waals surface area contributed by atoms with Gasteiger partial charge in [0.1, 0.15) is 24.0 Å². The molecular weight excluding hydrogens is 512 g/mol. The van der Waals surface area contributed by atoms with E-state index in [2.05, 4.69) is 15.0 Å². The maximum atomic E-state index is 15.1. The van der Waals surface area contributed by atoms with E-state index in [1.54, 1.807) is 29.7 Å². The molecule has 0 aliphatic carbocycles. The van der Waals surface area contributed by atoms with Crippen molar-refractivity contribution in [2.24, 2.45) is 5.16 Å². The molecule has 0 spiro atoms. The topological polar surface area (TPSA) is 100 Å². The van der Waals surface area contributed by atoms with Gasteiger partial charge < -0.3 is 19.4 Å². The molecule has 190 valence electrons. The highest BCUT2D eigenvalue weighted by atomic mass is 35.5. The summed E-state index contributed by atoms with van der Waals surface area (Å²) < 4.78 is 16.6. The van der Waals surface area contributed by atoms with Gasteiger partial charge in [0, 0.05) is 56.1 Å². The highest BCUT2D eigenvalue weighted by Gasteiger charge is 2.25. The van der Waals surface area contributed by atoms with E-state index in [1.807, 2.05) is 4.90 Å². The Bertz CT molecular complexity index is 1400. The summed E-state index contributed by atoms with van der Waals surface area (Å²) in [6.07, 6.45) is 1.25. The van der Waals surface area contributed by atoms with Gasteiger partial charge in [0.05, 0.1) is 10.4 Å². The van der Waals surface area contributed by atoms with Crippen molar-refractivity contribution in [3.8, 4) is 0 Å². The molecule has 0 amide bonds. The monoisotopic (exact) mass is 535 g/mol. The van der Waals surface area contributed by atoms with Gasteiger partial charge in [-0.25, -0.2) is 14.2 Å². The van der Waals surface area contributed by atoms with Gasteiger partial charge in [-0.05, 0) is 31.2 Å². The summed E-state index contributed by atoms with van der Waals surface area (Å²) in [7, 11) is 1.46. The fraction of sp³-hybridized carbons (Fsp3) is 0.333. The fourth-order valence-corrected chi connectivity index (χ4v) is 4.74. The molecule has 0 saturated carbocycles. The summed E-state index contributed by atoms with van der Waals surface area (Å²) >= 11 is 12.4. The minimum absolute atomic E-state index is 0.0584. The van der Waals surface area contributed by atoms with E-state index < -0.39 is 22.8 Å². The summed E-state index contributed by atoms with van der Waals surface area (Å²) in [5, 5.41) is 14.4. The number of oxime groups is 1. The Morgan fingerprint density at radius 3 is 2.53 bits per heavy atom. The molecule has 0 bridgehead atoms. The van der Waals surface area contributed by atoms with E-state index in [1.165, 1.54) is 13.3 Å². The standard InChI is InChI=1S/C24H24Cl2FN5O4/c1-3-31-12-17(24(34)35)21(33)16-11-19(27)23(28-22(16)31)32-8-6-30(7-9-32)13-20(29-36-2)15-5-4-14(25)10-18(15)26/h4-5,10-12H,3,6-9,13H2,1-2H3,(H,34,35)/b29-20+. The zero-order valence-electron chi connectivity index (χ0n) is 19.7. The molecule has 1 saturated heterocycles. The second-order valence-corrected chi connectivity index (χ2v) is 9.08. The van der Waals surface area contributed by atoms with E-state index >= 15 is 4.39 Å². The second kappa shape index (κ2) is 10.8. The van der Waals surface area contributed by atoms with Crippen molar-refractivity contribution in [1.82, 2.24) is 14.5 Å². The summed E-state index contributed by atoms with van der Waals surface area (Å²) in [5.41, 5.74) is 0.435. The van der Waals surface area contributed by atoms with Crippen molar-refractivity contribution in [2.45, 2.75) is 13.5 Å². The van der Waals surface area contributed by atoms with Crippen molar-refractivity contribution in [3.05, 3.63) is 67.7 Å². The lowest BCUT2D eigenvalue weighted by Gasteiger charge is -2.35. The zero-order chi connectivity index (χ0) is 26.0. The number of benzene rings is 1. The molecular formula is C24H24Cl2FN5O4. The molecule has 4 rings (SSSR count). The molecule has 1 aliphatic rings. The molecule has 1 fully saturated rings. The molecule has 1 aromatic carbocycles. The van der Waals surface area contributed by atoms with Crippen LogP contribution in [-0.4, -0.2) is 71.1 Å². The number of piperazine rings is 1. The lowest BCUT2D eigenvalue weighted by atomic mass is 10.1. The maximum absolute atomic E-state index is 15.1. The normalized spacial score (nSPS) is 14.9. The number of hydrogen-bond acceptors (Lipinski definition) is 7. The average Bonchev–Trinajstić information content (AvgIpc) is 2.84. The molecule has 2 aromatic heterocycles. The highest BCUT2D eigenvalue weighted by molar-refractivity contribution is 6.37. The summed E-state index contributed by atoms with van der Waals surface area (Å²) in [6, 6.07) is 6.24. The van der Waals surface area contributed by atoms with Gasteiger partial charge in [-0.3, -0.25) is 9.69 Å². The first kappa shape index (κ1) is 25.9. The predicted octanol–water partition coefficient (Wildman–Crippen LogP) is 3.73. The van der Waals surface area contributed by atoms with Gasteiger partial charge in [0.15, 0.2) is 11.6 Å². The molecule has 1 aliphatic heterocycles. The first-order chi connectivity index (χ1) is 17.2. The quantitative estimate of drug-likeness (QED) is 0.363. The summed E-state index contributed by atoms with van der Waals surface area (Å²) in [6.45, 7) is 4.77. The van der Waals surface area contributed by atoms with Crippen LogP contribution in [0, 0.1) is 5.82 Å². The number of anilines is 1. The van der Waals surface area contributed by atoms with E-state index in [0.29, 0.717) is 60.6 Å². The van der Waals surface area contributed by atoms with Crippen molar-refractivity contribution in [1.29, 1.82) is 0 Å². The Kier molecular flexibility index (Phi) is 7.77. The first-order valence-electron chi connectivity index (χ1n) is 11.2. The third-order valence-electron chi connectivity index (χ3n) is 6.04. The lowest BCUT2D eigenvalue weighted by Crippen LogP contribution is -2.48. The number of hydrogen-bond donors (Lipinski definition) is 1. The number of fused-ring (bicyclic) bond motifs is 1. The molecule has 0 radical (unpaired) electrons. The van der Waals surface area contributed by atoms with Crippen LogP contribution in [0.3, 0.4) is 0 Å². The molecule has 36 heavy (non-hydrogen) atoms. The molecule has 3 aromatic rings. The Labute approximate surface area is 216 Å². The van der Waals surface area contributed by atoms with Gasteiger partial charge in [-0.1, -0.05) is 28.4 Å². The van der Waals surface area contributed by atoms with Crippen molar-refractivity contribution >= 4 is 51.7 Å². The number of carboxylic acid groups (broad SMARTS) is 1. The minimum atomic E-state index is -1.36. The van der Waals surface area contributed by atoms with Gasteiger partial charge in [0.25, 0.3) is 0 Å². The number of nitrogens with zero attached hydrogens (tertiary/aromatic N) is 5. The number of carbonyl (C=O) groups is 1. The van der Waals surface area contributed by atoms with Crippen LogP contribution in [0.2, 0.25) is 10.0 Å². The Hall–Kier alpha value is -3.21. The number of aryl methyl sites for hydroxylation is 1. The van der Waals surface area contributed by atoms with Crippen LogP contribution in [0.1, 0.15) is 22.8 Å². The van der Waals surface area contributed by atoms with E-state index in [-0.39, 0.29) is 16.9 Å². The van der Waals surface area contributed by atoms with E-state index in [4.69, 9.17) is 28.0 Å². The first-order valence-corrected chi connectivity index (χ1v) is 12.0. The number of aromatic nitrogens is 2. The summed E-state index contributed by atoms with van der Waals surface area (Å²) in [5.74, 6) is -1.91. The number of carboxylic acids is 1. The van der Waals surface area contributed by atoms with Crippen molar-refractivity contribution in [2.75, 3.05) is 44.7 Å². The van der Waals surface area contributed by atoms with Crippen LogP contribution in [-0.2, 0) is 11.4 Å². The van der Waals surface area contributed by atoms with Crippen LogP contribution < -0.4 is 10.3 Å². The minimum Gasteiger partial charge on any atom is -0.477 e. The van der Waals surface area contributed by atoms with Crippen LogP contribution in [0.25, 0.3) is 11.0 Å². The van der Waals surface area contributed by atoms with Gasteiger partial charge >= 0.3 is 5.97 Å². The predicted molar refractivity (Wildman–Crippen MR) is 137 cm³/mol. The zero-order valence-corrected chi connectivity index (χ0v) is 21.2. The lowest BCUT2D eigenvalue weighted by molar-refractivity contribution is 0.0695. The highest BCUT2D eigenvalue weighted by Crippen LogP contribution is 2.25. The van der Waals surface area contributed by atoms with Gasteiger partial charge in [-0.15, -0.1) is 0 Å². The largest absolute Gasteiger partial charge is 0.477 e. The average molecular weight is 536 g/mol. The third-order valence-corrected chi connectivity index (χ3v) is 6.59. The Morgan fingerprint density at radius 2 is 1.92 bits per heavy atom. The molecule has 0 atom stereocenters. The van der Waals surface area contributed by atoms with Crippen LogP contribution >= 0.6 is 23.2 Å². The Balaban J connectivity index is 1.55. The van der Waals surface area contributed by atoms with E-state index in [0.717, 1.165) is 6.07 Å². The third kappa shape index (κ3) is 5.16. The molecule has 0 unspecified atom stereocenters. The molecule has 12 heteroatoms. The van der Waals surface area contributed by atoms with Crippen LogP contribution in [0.4, 0.5) is 10.2 Å². The number of rotatable bonds is 7. The van der Waals surface area contributed by atoms with Crippen LogP contribution in [0.15, 0.2) is 40.4 Å². The van der Waals surface area contributed by atoms with Gasteiger partial charge in [-0.2, -0.15) is 0 Å². The summed E-state index contributed by atoms with van der Waals surface area (Å²) in [4.78, 5) is 37.4. The second-order valence-electron chi connectivity index (χ2n) is 8.24. The van der Waals surface area contributed by atoms with E-state index in [9.17, 15) is 14.7 Å². The van der Waals surface area contributed by atoms with Gasteiger partial charge in [0.2, 0.25) is 5.43 Å².